The summed E-state index contributed by atoms with van der Waals surface area (Å²) in [6.07, 6.45) is 1.58. The van der Waals surface area contributed by atoms with Crippen molar-refractivity contribution in [2.24, 2.45) is 5.92 Å². The van der Waals surface area contributed by atoms with Gasteiger partial charge < -0.3 is 15.2 Å². The molecule has 3 nitrogen and oxygen atoms in total. The van der Waals surface area contributed by atoms with Gasteiger partial charge in [0.1, 0.15) is 0 Å². The van der Waals surface area contributed by atoms with Crippen LogP contribution in [-0.2, 0) is 6.54 Å². The SMILES string of the molecule is COc1cccc(CNCC2CC(O)C2)c1F. The highest BCUT2D eigenvalue weighted by atomic mass is 19.1. The predicted molar refractivity (Wildman–Crippen MR) is 63.4 cm³/mol. The highest BCUT2D eigenvalue weighted by molar-refractivity contribution is 5.30. The molecule has 1 fully saturated rings. The first-order chi connectivity index (χ1) is 8.20. The number of benzene rings is 1. The fourth-order valence-corrected chi connectivity index (χ4v) is 2.13. The van der Waals surface area contributed by atoms with Gasteiger partial charge in [0, 0.05) is 12.1 Å². The van der Waals surface area contributed by atoms with Gasteiger partial charge in [0.15, 0.2) is 11.6 Å². The summed E-state index contributed by atoms with van der Waals surface area (Å²) < 4.78 is 18.7. The third-order valence-corrected chi connectivity index (χ3v) is 3.22. The van der Waals surface area contributed by atoms with E-state index in [0.29, 0.717) is 18.0 Å². The number of aliphatic hydroxyl groups is 1. The van der Waals surface area contributed by atoms with Crippen LogP contribution in [0.1, 0.15) is 18.4 Å². The van der Waals surface area contributed by atoms with E-state index >= 15 is 0 Å². The Labute approximate surface area is 101 Å². The van der Waals surface area contributed by atoms with Crippen molar-refractivity contribution in [1.82, 2.24) is 5.32 Å². The van der Waals surface area contributed by atoms with Gasteiger partial charge in [-0.3, -0.25) is 0 Å². The van der Waals surface area contributed by atoms with E-state index in [4.69, 9.17) is 9.84 Å². The molecule has 0 heterocycles. The monoisotopic (exact) mass is 239 g/mol. The van der Waals surface area contributed by atoms with Crippen molar-refractivity contribution in [3.8, 4) is 5.75 Å². The summed E-state index contributed by atoms with van der Waals surface area (Å²) in [4.78, 5) is 0. The van der Waals surface area contributed by atoms with Crippen molar-refractivity contribution in [1.29, 1.82) is 0 Å². The second-order valence-corrected chi connectivity index (χ2v) is 4.56. The summed E-state index contributed by atoms with van der Waals surface area (Å²) in [5.41, 5.74) is 0.615. The molecule has 94 valence electrons. The molecule has 0 saturated heterocycles. The summed E-state index contributed by atoms with van der Waals surface area (Å²) in [7, 11) is 1.46. The number of halogens is 1. The Morgan fingerprint density at radius 3 is 2.88 bits per heavy atom. The maximum Gasteiger partial charge on any atom is 0.169 e. The number of ether oxygens (including phenoxy) is 1. The lowest BCUT2D eigenvalue weighted by Crippen LogP contribution is -2.36. The van der Waals surface area contributed by atoms with Gasteiger partial charge in [-0.1, -0.05) is 12.1 Å². The number of methoxy groups -OCH3 is 1. The Hall–Kier alpha value is -1.13. The average molecular weight is 239 g/mol. The van der Waals surface area contributed by atoms with Crippen LogP contribution >= 0.6 is 0 Å². The summed E-state index contributed by atoms with van der Waals surface area (Å²) >= 11 is 0. The number of aliphatic hydroxyl groups excluding tert-OH is 1. The Morgan fingerprint density at radius 2 is 2.24 bits per heavy atom. The molecule has 2 rings (SSSR count). The molecule has 1 aliphatic carbocycles. The average Bonchev–Trinajstić information content (AvgIpc) is 2.29. The Balaban J connectivity index is 1.82. The fraction of sp³-hybridized carbons (Fsp3) is 0.538. The van der Waals surface area contributed by atoms with E-state index in [1.807, 2.05) is 0 Å². The number of nitrogens with one attached hydrogen (secondary N) is 1. The topological polar surface area (TPSA) is 41.5 Å². The summed E-state index contributed by atoms with van der Waals surface area (Å²) in [6, 6.07) is 5.15. The molecule has 17 heavy (non-hydrogen) atoms. The van der Waals surface area contributed by atoms with Gasteiger partial charge in [0.2, 0.25) is 0 Å². The van der Waals surface area contributed by atoms with Crippen molar-refractivity contribution >= 4 is 0 Å². The molecule has 0 aromatic heterocycles. The molecule has 0 aliphatic heterocycles. The second-order valence-electron chi connectivity index (χ2n) is 4.56. The summed E-state index contributed by atoms with van der Waals surface area (Å²) in [6.45, 7) is 1.32. The standard InChI is InChI=1S/C13H18FNO2/c1-17-12-4-2-3-10(13(12)14)8-15-7-9-5-11(16)6-9/h2-4,9,11,15-16H,5-8H2,1H3. The van der Waals surface area contributed by atoms with Gasteiger partial charge in [-0.15, -0.1) is 0 Å². The zero-order valence-electron chi connectivity index (χ0n) is 9.95. The Morgan fingerprint density at radius 1 is 1.47 bits per heavy atom. The van der Waals surface area contributed by atoms with Crippen LogP contribution in [0.5, 0.6) is 5.75 Å². The molecule has 1 aliphatic rings. The van der Waals surface area contributed by atoms with Crippen LogP contribution in [0, 0.1) is 11.7 Å². The van der Waals surface area contributed by atoms with Crippen LogP contribution in [0.3, 0.4) is 0 Å². The summed E-state index contributed by atoms with van der Waals surface area (Å²) in [5, 5.41) is 12.4. The molecule has 1 saturated carbocycles. The zero-order chi connectivity index (χ0) is 12.3. The van der Waals surface area contributed by atoms with Gasteiger partial charge in [-0.25, -0.2) is 4.39 Å². The Kier molecular flexibility index (Phi) is 3.97. The third kappa shape index (κ3) is 2.96. The molecule has 0 atom stereocenters. The minimum Gasteiger partial charge on any atom is -0.494 e. The Bertz CT molecular complexity index is 378. The van der Waals surface area contributed by atoms with E-state index in [-0.39, 0.29) is 17.7 Å². The van der Waals surface area contributed by atoms with Gasteiger partial charge in [-0.2, -0.15) is 0 Å². The molecule has 1 aromatic rings. The van der Waals surface area contributed by atoms with E-state index in [9.17, 15) is 4.39 Å². The van der Waals surface area contributed by atoms with E-state index < -0.39 is 0 Å². The van der Waals surface area contributed by atoms with Crippen molar-refractivity contribution in [2.75, 3.05) is 13.7 Å². The van der Waals surface area contributed by atoms with Gasteiger partial charge in [0.05, 0.1) is 13.2 Å². The molecule has 0 spiro atoms. The zero-order valence-corrected chi connectivity index (χ0v) is 9.95. The lowest BCUT2D eigenvalue weighted by molar-refractivity contribution is 0.0429. The van der Waals surface area contributed by atoms with E-state index in [0.717, 1.165) is 19.4 Å². The van der Waals surface area contributed by atoms with E-state index in [2.05, 4.69) is 5.32 Å². The van der Waals surface area contributed by atoms with Crippen LogP contribution in [0.4, 0.5) is 4.39 Å². The number of hydrogen-bond donors (Lipinski definition) is 2. The van der Waals surface area contributed by atoms with E-state index in [1.54, 1.807) is 18.2 Å². The first-order valence-corrected chi connectivity index (χ1v) is 5.91. The van der Waals surface area contributed by atoms with Crippen LogP contribution < -0.4 is 10.1 Å². The van der Waals surface area contributed by atoms with Gasteiger partial charge in [-0.05, 0) is 31.4 Å². The fourth-order valence-electron chi connectivity index (χ4n) is 2.13. The first kappa shape index (κ1) is 12.3. The normalized spacial score (nSPS) is 23.2. The number of rotatable bonds is 5. The minimum absolute atomic E-state index is 0.129. The maximum absolute atomic E-state index is 13.8. The molecule has 4 heteroatoms. The smallest absolute Gasteiger partial charge is 0.169 e. The molecular formula is C13H18FNO2. The molecule has 0 bridgehead atoms. The minimum atomic E-state index is -0.295. The maximum atomic E-state index is 13.8. The van der Waals surface area contributed by atoms with Crippen molar-refractivity contribution < 1.29 is 14.2 Å². The lowest BCUT2D eigenvalue weighted by atomic mass is 9.82. The van der Waals surface area contributed by atoms with Crippen LogP contribution in [0.15, 0.2) is 18.2 Å². The number of hydrogen-bond acceptors (Lipinski definition) is 3. The van der Waals surface area contributed by atoms with Gasteiger partial charge in [0.25, 0.3) is 0 Å². The lowest BCUT2D eigenvalue weighted by Gasteiger charge is -2.31. The first-order valence-electron chi connectivity index (χ1n) is 5.91. The van der Waals surface area contributed by atoms with Crippen LogP contribution in [-0.4, -0.2) is 24.9 Å². The van der Waals surface area contributed by atoms with Crippen molar-refractivity contribution in [2.45, 2.75) is 25.5 Å². The van der Waals surface area contributed by atoms with E-state index in [1.165, 1.54) is 7.11 Å². The summed E-state index contributed by atoms with van der Waals surface area (Å²) in [5.74, 6) is 0.512. The highest BCUT2D eigenvalue weighted by Crippen LogP contribution is 2.26. The predicted octanol–water partition coefficient (Wildman–Crippen LogP) is 1.69. The highest BCUT2D eigenvalue weighted by Gasteiger charge is 2.26. The van der Waals surface area contributed by atoms with Gasteiger partial charge >= 0.3 is 0 Å². The molecule has 2 N–H and O–H groups in total. The third-order valence-electron chi connectivity index (χ3n) is 3.22. The largest absolute Gasteiger partial charge is 0.494 e. The van der Waals surface area contributed by atoms with Crippen LogP contribution in [0.25, 0.3) is 0 Å². The van der Waals surface area contributed by atoms with Crippen LogP contribution in [0.2, 0.25) is 0 Å². The van der Waals surface area contributed by atoms with Crippen molar-refractivity contribution in [3.63, 3.8) is 0 Å². The molecule has 0 amide bonds. The quantitative estimate of drug-likeness (QED) is 0.821. The second kappa shape index (κ2) is 5.47. The molecule has 1 aromatic carbocycles. The molecule has 0 unspecified atom stereocenters. The molecule has 0 radical (unpaired) electrons. The van der Waals surface area contributed by atoms with Crippen molar-refractivity contribution in [3.05, 3.63) is 29.6 Å². The molecular weight excluding hydrogens is 221 g/mol.